The van der Waals surface area contributed by atoms with Crippen LogP contribution in [-0.2, 0) is 13.0 Å². The molecule has 5 rings (SSSR count). The fourth-order valence-corrected chi connectivity index (χ4v) is 4.63. The molecule has 0 aliphatic carbocycles. The van der Waals surface area contributed by atoms with E-state index in [1.807, 2.05) is 31.3 Å². The molecule has 0 radical (unpaired) electrons. The van der Waals surface area contributed by atoms with Crippen LogP contribution in [0.4, 0.5) is 4.39 Å². The summed E-state index contributed by atoms with van der Waals surface area (Å²) in [5.74, 6) is -0.242. The lowest BCUT2D eigenvalue weighted by atomic mass is 9.84. The van der Waals surface area contributed by atoms with E-state index in [0.29, 0.717) is 23.6 Å². The topological polar surface area (TPSA) is 92.7 Å². The average molecular weight is 427 g/mol. The fourth-order valence-electron chi connectivity index (χ4n) is 4.63. The number of aromatic nitrogens is 3. The number of halogens is 1. The zero-order chi connectivity index (χ0) is 22.4. The first-order valence-corrected chi connectivity index (χ1v) is 10.5. The smallest absolute Gasteiger partial charge is 0.244 e. The number of hydrogen-bond donors (Lipinski definition) is 2. The van der Waals surface area contributed by atoms with Crippen molar-refractivity contribution < 1.29 is 9.13 Å². The lowest BCUT2D eigenvalue weighted by molar-refractivity contribution is 0.379. The molecule has 3 heterocycles. The van der Waals surface area contributed by atoms with E-state index in [0.717, 1.165) is 39.7 Å². The maximum absolute atomic E-state index is 14.5. The van der Waals surface area contributed by atoms with Crippen molar-refractivity contribution in [3.63, 3.8) is 0 Å². The summed E-state index contributed by atoms with van der Waals surface area (Å²) in [6.45, 7) is 4.37. The van der Waals surface area contributed by atoms with Gasteiger partial charge in [0.25, 0.3) is 0 Å². The maximum atomic E-state index is 14.5. The highest BCUT2D eigenvalue weighted by atomic mass is 19.1. The van der Waals surface area contributed by atoms with Crippen molar-refractivity contribution in [1.29, 1.82) is 5.26 Å². The summed E-state index contributed by atoms with van der Waals surface area (Å²) < 4.78 is 22.2. The summed E-state index contributed by atoms with van der Waals surface area (Å²) in [6.07, 6.45) is 2.83. The van der Waals surface area contributed by atoms with Crippen molar-refractivity contribution in [3.8, 4) is 11.9 Å². The van der Waals surface area contributed by atoms with E-state index in [4.69, 9.17) is 10.5 Å². The number of aromatic amines is 1. The Balaban J connectivity index is 1.78. The molecule has 160 valence electrons. The monoisotopic (exact) mass is 427 g/mol. The molecule has 0 saturated carbocycles. The molecule has 4 aromatic rings. The predicted octanol–water partition coefficient (Wildman–Crippen LogP) is 4.64. The van der Waals surface area contributed by atoms with Crippen molar-refractivity contribution >= 4 is 10.9 Å². The molecular weight excluding hydrogens is 405 g/mol. The third kappa shape index (κ3) is 2.95. The number of benzene rings is 2. The van der Waals surface area contributed by atoms with Crippen molar-refractivity contribution in [2.24, 2.45) is 5.73 Å². The highest BCUT2D eigenvalue weighted by Crippen LogP contribution is 2.45. The van der Waals surface area contributed by atoms with Gasteiger partial charge in [0.2, 0.25) is 11.8 Å². The van der Waals surface area contributed by atoms with Crippen LogP contribution >= 0.6 is 0 Å². The van der Waals surface area contributed by atoms with Gasteiger partial charge in [-0.05, 0) is 30.5 Å². The molecule has 3 N–H and O–H groups in total. The summed E-state index contributed by atoms with van der Waals surface area (Å²) in [5.41, 5.74) is 11.8. The van der Waals surface area contributed by atoms with Gasteiger partial charge in [0, 0.05) is 28.4 Å². The van der Waals surface area contributed by atoms with Crippen LogP contribution in [0.2, 0.25) is 0 Å². The van der Waals surface area contributed by atoms with Gasteiger partial charge in [-0.15, -0.1) is 5.10 Å². The quantitative estimate of drug-likeness (QED) is 0.496. The predicted molar refractivity (Wildman–Crippen MR) is 119 cm³/mol. The Morgan fingerprint density at radius 3 is 2.75 bits per heavy atom. The molecule has 0 spiro atoms. The first-order valence-electron chi connectivity index (χ1n) is 10.5. The number of rotatable bonds is 4. The molecule has 1 aliphatic heterocycles. The number of nitrogens with zero attached hydrogens (tertiary/aromatic N) is 3. The van der Waals surface area contributed by atoms with Gasteiger partial charge < -0.3 is 15.0 Å². The molecule has 1 aliphatic rings. The number of fused-ring (bicyclic) bond motifs is 2. The average Bonchev–Trinajstić information content (AvgIpc) is 3.35. The SMILES string of the molecule is CCc1cccc2c(C3C(C#N)=C(N)Oc4n[nH]c(C)c43)cn(Cc3ccccc3F)c12. The van der Waals surface area contributed by atoms with Crippen molar-refractivity contribution in [2.45, 2.75) is 32.7 Å². The molecule has 0 bridgehead atoms. The Hall–Kier alpha value is -4.05. The second-order valence-corrected chi connectivity index (χ2v) is 7.96. The van der Waals surface area contributed by atoms with Crippen molar-refractivity contribution in [3.05, 3.63) is 93.9 Å². The van der Waals surface area contributed by atoms with E-state index < -0.39 is 5.92 Å². The number of H-pyrrole nitrogens is 1. The highest BCUT2D eigenvalue weighted by molar-refractivity contribution is 5.89. The third-order valence-electron chi connectivity index (χ3n) is 6.13. The molecular formula is C25H22FN5O. The highest BCUT2D eigenvalue weighted by Gasteiger charge is 2.36. The van der Waals surface area contributed by atoms with Gasteiger partial charge in [-0.1, -0.05) is 43.3 Å². The number of allylic oxidation sites excluding steroid dienone is 1. The summed E-state index contributed by atoms with van der Waals surface area (Å²) in [7, 11) is 0. The van der Waals surface area contributed by atoms with E-state index in [-0.39, 0.29) is 11.7 Å². The molecule has 0 amide bonds. The number of nitriles is 1. The van der Waals surface area contributed by atoms with E-state index in [1.165, 1.54) is 6.07 Å². The minimum absolute atomic E-state index is 0.0538. The van der Waals surface area contributed by atoms with Crippen LogP contribution in [0.3, 0.4) is 0 Å². The van der Waals surface area contributed by atoms with Gasteiger partial charge >= 0.3 is 0 Å². The molecule has 0 saturated heterocycles. The second kappa shape index (κ2) is 7.57. The van der Waals surface area contributed by atoms with E-state index in [1.54, 1.807) is 12.1 Å². The molecule has 0 fully saturated rings. The Morgan fingerprint density at radius 2 is 2.00 bits per heavy atom. The summed E-state index contributed by atoms with van der Waals surface area (Å²) in [5, 5.41) is 18.1. The number of nitrogens with one attached hydrogen (secondary N) is 1. The number of ether oxygens (including phenoxy) is 1. The van der Waals surface area contributed by atoms with E-state index >= 15 is 0 Å². The van der Waals surface area contributed by atoms with Gasteiger partial charge in [0.1, 0.15) is 17.5 Å². The summed E-state index contributed by atoms with van der Waals surface area (Å²) in [6, 6.07) is 15.2. The van der Waals surface area contributed by atoms with Gasteiger partial charge in [-0.25, -0.2) is 4.39 Å². The molecule has 1 unspecified atom stereocenters. The van der Waals surface area contributed by atoms with Gasteiger partial charge in [-0.2, -0.15) is 5.26 Å². The van der Waals surface area contributed by atoms with Crippen LogP contribution in [0.5, 0.6) is 5.88 Å². The molecule has 2 aromatic heterocycles. The van der Waals surface area contributed by atoms with E-state index in [2.05, 4.69) is 33.8 Å². The van der Waals surface area contributed by atoms with Crippen LogP contribution < -0.4 is 10.5 Å². The first-order chi connectivity index (χ1) is 15.5. The summed E-state index contributed by atoms with van der Waals surface area (Å²) >= 11 is 0. The van der Waals surface area contributed by atoms with Crippen LogP contribution in [0.25, 0.3) is 10.9 Å². The minimum atomic E-state index is -0.432. The molecule has 1 atom stereocenters. The lowest BCUT2D eigenvalue weighted by Gasteiger charge is -2.23. The Morgan fingerprint density at radius 1 is 1.22 bits per heavy atom. The van der Waals surface area contributed by atoms with Crippen molar-refractivity contribution in [1.82, 2.24) is 14.8 Å². The summed E-state index contributed by atoms with van der Waals surface area (Å²) in [4.78, 5) is 0. The zero-order valence-corrected chi connectivity index (χ0v) is 17.8. The van der Waals surface area contributed by atoms with Crippen LogP contribution in [0.1, 0.15) is 40.8 Å². The van der Waals surface area contributed by atoms with Crippen LogP contribution in [0, 0.1) is 24.1 Å². The Kier molecular flexibility index (Phi) is 4.71. The fraction of sp³-hybridized carbons (Fsp3) is 0.200. The standard InChI is InChI=1S/C25H22FN5O/c1-3-15-8-6-9-17-19(13-31(23(15)17)12-16-7-4-5-10-20(16)26)22-18(11-27)24(28)32-25-21(22)14(2)29-30-25/h4-10,13,22H,3,12,28H2,1-2H3,(H,29,30). The molecule has 6 nitrogen and oxygen atoms in total. The first kappa shape index (κ1) is 19.9. The second-order valence-electron chi connectivity index (χ2n) is 7.96. The largest absolute Gasteiger partial charge is 0.420 e. The number of aryl methyl sites for hydroxylation is 2. The third-order valence-corrected chi connectivity index (χ3v) is 6.13. The molecule has 32 heavy (non-hydrogen) atoms. The van der Waals surface area contributed by atoms with Crippen LogP contribution in [0.15, 0.2) is 60.1 Å². The van der Waals surface area contributed by atoms with Gasteiger partial charge in [0.05, 0.1) is 18.0 Å². The van der Waals surface area contributed by atoms with Crippen LogP contribution in [-0.4, -0.2) is 14.8 Å². The maximum Gasteiger partial charge on any atom is 0.244 e. The normalized spacial score (nSPS) is 15.5. The number of para-hydroxylation sites is 1. The zero-order valence-electron chi connectivity index (χ0n) is 17.8. The molecule has 7 heteroatoms. The molecule has 2 aromatic carbocycles. The number of nitrogens with two attached hydrogens (primary N) is 1. The van der Waals surface area contributed by atoms with Gasteiger partial charge in [-0.3, -0.25) is 5.10 Å². The minimum Gasteiger partial charge on any atom is -0.420 e. The van der Waals surface area contributed by atoms with Crippen molar-refractivity contribution in [2.75, 3.05) is 0 Å². The van der Waals surface area contributed by atoms with Gasteiger partial charge in [0.15, 0.2) is 0 Å². The van der Waals surface area contributed by atoms with E-state index in [9.17, 15) is 9.65 Å². The Bertz CT molecular complexity index is 1420. The lowest BCUT2D eigenvalue weighted by Crippen LogP contribution is -2.21. The Labute approximate surface area is 184 Å². The number of hydrogen-bond acceptors (Lipinski definition) is 4.